The number of rotatable bonds is 7. The first kappa shape index (κ1) is 27.6. The molecule has 196 valence electrons. The summed E-state index contributed by atoms with van der Waals surface area (Å²) >= 11 is 13.5. The van der Waals surface area contributed by atoms with E-state index in [0.29, 0.717) is 58.8 Å². The third kappa shape index (κ3) is 6.00. The number of ether oxygens (including phenoxy) is 3. The van der Waals surface area contributed by atoms with Crippen LogP contribution in [0.1, 0.15) is 31.2 Å². The molecule has 2 heterocycles. The van der Waals surface area contributed by atoms with Crippen LogP contribution in [0, 0.1) is 0 Å². The van der Waals surface area contributed by atoms with E-state index < -0.39 is 0 Å². The molecule has 1 amide bonds. The van der Waals surface area contributed by atoms with Gasteiger partial charge in [0, 0.05) is 33.5 Å². The summed E-state index contributed by atoms with van der Waals surface area (Å²) in [6.45, 7) is 5.73. The van der Waals surface area contributed by atoms with Gasteiger partial charge in [0.15, 0.2) is 18.1 Å². The third-order valence-corrected chi connectivity index (χ3v) is 7.68. The lowest BCUT2D eigenvalue weighted by Gasteiger charge is -2.27. The molecule has 0 radical (unpaired) electrons. The fourth-order valence-electron chi connectivity index (χ4n) is 3.79. The zero-order valence-corrected chi connectivity index (χ0v) is 24.4. The van der Waals surface area contributed by atoms with E-state index in [9.17, 15) is 9.59 Å². The zero-order chi connectivity index (χ0) is 26.7. The van der Waals surface area contributed by atoms with E-state index in [1.807, 2.05) is 19.9 Å². The van der Waals surface area contributed by atoms with Crippen molar-refractivity contribution in [2.24, 2.45) is 5.10 Å². The molecule has 1 fully saturated rings. The number of fused-ring (bicyclic) bond motifs is 1. The third-order valence-electron chi connectivity index (χ3n) is 5.74. The van der Waals surface area contributed by atoms with Gasteiger partial charge in [0.25, 0.3) is 11.5 Å². The van der Waals surface area contributed by atoms with Crippen LogP contribution in [0.25, 0.3) is 10.9 Å². The van der Waals surface area contributed by atoms with E-state index in [2.05, 4.69) is 41.9 Å². The predicted molar refractivity (Wildman–Crippen MR) is 149 cm³/mol. The Balaban J connectivity index is 1.67. The number of nitrogens with zero attached hydrogens (tertiary/aromatic N) is 4. The molecule has 0 saturated carbocycles. The topological polar surface area (TPSA) is 95.2 Å². The molecule has 12 heteroatoms. The minimum Gasteiger partial charge on any atom is -0.493 e. The summed E-state index contributed by atoms with van der Waals surface area (Å²) in [5.74, 6) is 0.846. The Morgan fingerprint density at radius 2 is 2.00 bits per heavy atom. The highest BCUT2D eigenvalue weighted by molar-refractivity contribution is 9.10. The SMILES string of the molecule is COc1cc(C=Nn2c(C(C)C)nc3ccc(Br)cc3c2=O)c(Br)c(Cl)c1OCC(=O)N1CCOCC1. The molecule has 1 saturated heterocycles. The molecule has 0 N–H and O–H groups in total. The Bertz CT molecular complexity index is 1420. The molecule has 0 bridgehead atoms. The lowest BCUT2D eigenvalue weighted by molar-refractivity contribution is -0.137. The van der Waals surface area contributed by atoms with Gasteiger partial charge in [0.2, 0.25) is 0 Å². The van der Waals surface area contributed by atoms with Gasteiger partial charge in [-0.1, -0.05) is 41.4 Å². The van der Waals surface area contributed by atoms with Crippen LogP contribution in [0.3, 0.4) is 0 Å². The van der Waals surface area contributed by atoms with Gasteiger partial charge in [0.05, 0.1) is 37.4 Å². The molecule has 9 nitrogen and oxygen atoms in total. The first-order chi connectivity index (χ1) is 17.7. The maximum absolute atomic E-state index is 13.3. The summed E-state index contributed by atoms with van der Waals surface area (Å²) in [6.07, 6.45) is 1.50. The van der Waals surface area contributed by atoms with Gasteiger partial charge in [-0.05, 0) is 40.2 Å². The lowest BCUT2D eigenvalue weighted by Crippen LogP contribution is -2.43. The highest BCUT2D eigenvalue weighted by Crippen LogP contribution is 2.42. The van der Waals surface area contributed by atoms with Crippen LogP contribution in [0.4, 0.5) is 0 Å². The number of morpholine rings is 1. The second-order valence-electron chi connectivity index (χ2n) is 8.55. The van der Waals surface area contributed by atoms with E-state index in [0.717, 1.165) is 4.47 Å². The molecule has 0 aliphatic carbocycles. The Labute approximate surface area is 235 Å². The van der Waals surface area contributed by atoms with Gasteiger partial charge in [-0.3, -0.25) is 9.59 Å². The summed E-state index contributed by atoms with van der Waals surface area (Å²) in [4.78, 5) is 32.2. The Morgan fingerprint density at radius 1 is 1.27 bits per heavy atom. The Hall–Kier alpha value is -2.47. The first-order valence-electron chi connectivity index (χ1n) is 11.5. The number of hydrogen-bond donors (Lipinski definition) is 0. The van der Waals surface area contributed by atoms with Gasteiger partial charge in [-0.2, -0.15) is 9.78 Å². The predicted octanol–water partition coefficient (Wildman–Crippen LogP) is 4.83. The van der Waals surface area contributed by atoms with Gasteiger partial charge in [-0.25, -0.2) is 4.98 Å². The summed E-state index contributed by atoms with van der Waals surface area (Å²) in [7, 11) is 1.48. The highest BCUT2D eigenvalue weighted by atomic mass is 79.9. The fraction of sp³-hybridized carbons (Fsp3) is 0.360. The van der Waals surface area contributed by atoms with Gasteiger partial charge < -0.3 is 19.1 Å². The molecule has 1 aliphatic rings. The number of methoxy groups -OCH3 is 1. The number of hydrogen-bond acceptors (Lipinski definition) is 7. The van der Waals surface area contributed by atoms with Crippen LogP contribution in [-0.2, 0) is 9.53 Å². The number of carbonyl (C=O) groups excluding carboxylic acids is 1. The number of amides is 1. The van der Waals surface area contributed by atoms with E-state index >= 15 is 0 Å². The van der Waals surface area contributed by atoms with Crippen molar-refractivity contribution in [1.29, 1.82) is 0 Å². The zero-order valence-electron chi connectivity index (χ0n) is 20.5. The van der Waals surface area contributed by atoms with Crippen LogP contribution >= 0.6 is 43.5 Å². The van der Waals surface area contributed by atoms with E-state index in [-0.39, 0.29) is 34.8 Å². The molecule has 1 aromatic heterocycles. The number of benzene rings is 2. The molecular weight excluding hydrogens is 632 g/mol. The number of halogens is 3. The second-order valence-corrected chi connectivity index (χ2v) is 10.6. The summed E-state index contributed by atoms with van der Waals surface area (Å²) in [6, 6.07) is 7.03. The summed E-state index contributed by atoms with van der Waals surface area (Å²) in [5.41, 5.74) is 0.856. The molecule has 3 aromatic rings. The minimum absolute atomic E-state index is 0.0563. The van der Waals surface area contributed by atoms with Crippen LogP contribution in [0.2, 0.25) is 5.02 Å². The minimum atomic E-state index is -0.290. The van der Waals surface area contributed by atoms with Gasteiger partial charge >= 0.3 is 0 Å². The van der Waals surface area contributed by atoms with Crippen molar-refractivity contribution in [2.75, 3.05) is 40.0 Å². The van der Waals surface area contributed by atoms with Crippen molar-refractivity contribution in [2.45, 2.75) is 19.8 Å². The van der Waals surface area contributed by atoms with Crippen molar-refractivity contribution in [3.8, 4) is 11.5 Å². The fourth-order valence-corrected chi connectivity index (χ4v) is 4.81. The average Bonchev–Trinajstić information content (AvgIpc) is 2.90. The molecule has 2 aromatic carbocycles. The van der Waals surface area contributed by atoms with Crippen LogP contribution in [0.5, 0.6) is 11.5 Å². The van der Waals surface area contributed by atoms with Crippen molar-refractivity contribution in [3.63, 3.8) is 0 Å². The molecule has 1 aliphatic heterocycles. The van der Waals surface area contributed by atoms with E-state index in [1.165, 1.54) is 18.0 Å². The molecule has 0 atom stereocenters. The average molecular weight is 657 g/mol. The standard InChI is InChI=1S/C25H25Br2ClN4O5/c1-14(2)24-30-18-5-4-16(26)11-17(18)25(34)32(24)29-12-15-10-19(35-3)23(22(28)21(15)27)37-13-20(33)31-6-8-36-9-7-31/h4-5,10-12,14H,6-9,13H2,1-3H3. The monoisotopic (exact) mass is 654 g/mol. The van der Waals surface area contributed by atoms with Crippen LogP contribution < -0.4 is 15.0 Å². The van der Waals surface area contributed by atoms with E-state index in [4.69, 9.17) is 25.8 Å². The maximum Gasteiger partial charge on any atom is 0.282 e. The van der Waals surface area contributed by atoms with Crippen molar-refractivity contribution < 1.29 is 19.0 Å². The van der Waals surface area contributed by atoms with Crippen molar-refractivity contribution >= 4 is 66.5 Å². The van der Waals surface area contributed by atoms with E-state index in [1.54, 1.807) is 23.1 Å². The Morgan fingerprint density at radius 3 is 2.68 bits per heavy atom. The highest BCUT2D eigenvalue weighted by Gasteiger charge is 2.22. The van der Waals surface area contributed by atoms with Gasteiger partial charge in [0.1, 0.15) is 10.8 Å². The summed E-state index contributed by atoms with van der Waals surface area (Å²) in [5, 5.41) is 5.12. The molecule has 0 spiro atoms. The number of carbonyl (C=O) groups is 1. The first-order valence-corrected chi connectivity index (χ1v) is 13.5. The quantitative estimate of drug-likeness (QED) is 0.339. The summed E-state index contributed by atoms with van der Waals surface area (Å²) < 4.78 is 19.1. The largest absolute Gasteiger partial charge is 0.493 e. The van der Waals surface area contributed by atoms with Crippen molar-refractivity contribution in [3.05, 3.63) is 60.0 Å². The lowest BCUT2D eigenvalue weighted by atomic mass is 10.2. The van der Waals surface area contributed by atoms with Crippen LogP contribution in [0.15, 0.2) is 43.1 Å². The molecule has 37 heavy (non-hydrogen) atoms. The number of aromatic nitrogens is 2. The maximum atomic E-state index is 13.3. The normalized spacial score (nSPS) is 14.1. The second kappa shape index (κ2) is 11.9. The molecule has 0 unspecified atom stereocenters. The molecular formula is C25H25Br2ClN4O5. The van der Waals surface area contributed by atoms with Crippen LogP contribution in [-0.4, -0.2) is 66.7 Å². The molecule has 4 rings (SSSR count). The van der Waals surface area contributed by atoms with Gasteiger partial charge in [-0.15, -0.1) is 0 Å². The smallest absolute Gasteiger partial charge is 0.282 e. The van der Waals surface area contributed by atoms with Crippen molar-refractivity contribution in [1.82, 2.24) is 14.6 Å². The Kier molecular flexibility index (Phi) is 8.89.